The van der Waals surface area contributed by atoms with Crippen LogP contribution < -0.4 is 5.32 Å². The Morgan fingerprint density at radius 2 is 2.17 bits per heavy atom. The fourth-order valence-electron chi connectivity index (χ4n) is 1.47. The molecule has 1 amide bonds. The lowest BCUT2D eigenvalue weighted by atomic mass is 10.2. The minimum atomic E-state index is -0.0524. The summed E-state index contributed by atoms with van der Waals surface area (Å²) in [7, 11) is 0. The van der Waals surface area contributed by atoms with Gasteiger partial charge in [0.15, 0.2) is 5.82 Å². The summed E-state index contributed by atoms with van der Waals surface area (Å²) in [5.41, 5.74) is 1.56. The molecule has 6 heteroatoms. The molecule has 2 rings (SSSR count). The first-order valence-electron chi connectivity index (χ1n) is 5.74. The number of carbonyl (C=O) groups is 1. The van der Waals surface area contributed by atoms with E-state index in [4.69, 9.17) is 0 Å². The second-order valence-corrected chi connectivity index (χ2v) is 4.33. The minimum Gasteiger partial charge on any atom is -0.326 e. The number of aryl methyl sites for hydroxylation is 1. The number of carbonyl (C=O) groups excluding carboxylic acids is 1. The Balaban J connectivity index is 2.26. The van der Waals surface area contributed by atoms with Crippen molar-refractivity contribution in [2.75, 3.05) is 5.32 Å². The number of hydrogen-bond acceptors (Lipinski definition) is 4. The van der Waals surface area contributed by atoms with E-state index in [9.17, 15) is 4.79 Å². The zero-order valence-corrected chi connectivity index (χ0v) is 10.6. The Bertz CT molecular complexity index is 561. The maximum atomic E-state index is 11.6. The number of anilines is 1. The van der Waals surface area contributed by atoms with Gasteiger partial charge in [-0.15, -0.1) is 5.10 Å². The summed E-state index contributed by atoms with van der Waals surface area (Å²) in [5.74, 6) is 0.631. The van der Waals surface area contributed by atoms with Gasteiger partial charge in [0.05, 0.1) is 5.69 Å². The Labute approximate surface area is 105 Å². The van der Waals surface area contributed by atoms with Crippen LogP contribution in [0.15, 0.2) is 24.3 Å². The fourth-order valence-corrected chi connectivity index (χ4v) is 1.47. The first-order valence-corrected chi connectivity index (χ1v) is 5.74. The van der Waals surface area contributed by atoms with E-state index in [2.05, 4.69) is 20.8 Å². The molecule has 0 aliphatic rings. The monoisotopic (exact) mass is 245 g/mol. The SMILES string of the molecule is Cc1nnnn1-c1cccc(NC(=O)C(C)C)c1. The molecule has 1 aromatic carbocycles. The predicted octanol–water partition coefficient (Wildman–Crippen LogP) is 1.57. The first kappa shape index (κ1) is 12.2. The van der Waals surface area contributed by atoms with Crippen LogP contribution in [0.25, 0.3) is 5.69 Å². The lowest BCUT2D eigenvalue weighted by molar-refractivity contribution is -0.118. The Kier molecular flexibility index (Phi) is 3.36. The predicted molar refractivity (Wildman–Crippen MR) is 67.4 cm³/mol. The molecule has 1 aromatic heterocycles. The van der Waals surface area contributed by atoms with Crippen molar-refractivity contribution in [3.63, 3.8) is 0 Å². The molecule has 2 aromatic rings. The average Bonchev–Trinajstić information content (AvgIpc) is 2.75. The molecule has 94 valence electrons. The van der Waals surface area contributed by atoms with E-state index in [1.165, 1.54) is 0 Å². The number of amides is 1. The van der Waals surface area contributed by atoms with E-state index in [1.807, 2.05) is 45.0 Å². The van der Waals surface area contributed by atoms with Gasteiger partial charge in [-0.1, -0.05) is 19.9 Å². The zero-order chi connectivity index (χ0) is 13.1. The van der Waals surface area contributed by atoms with Gasteiger partial charge < -0.3 is 5.32 Å². The number of hydrogen-bond donors (Lipinski definition) is 1. The number of benzene rings is 1. The highest BCUT2D eigenvalue weighted by molar-refractivity contribution is 5.92. The second kappa shape index (κ2) is 4.95. The summed E-state index contributed by atoms with van der Waals surface area (Å²) < 4.78 is 1.62. The summed E-state index contributed by atoms with van der Waals surface area (Å²) in [4.78, 5) is 11.6. The van der Waals surface area contributed by atoms with Crippen LogP contribution in [0, 0.1) is 12.8 Å². The number of nitrogens with zero attached hydrogens (tertiary/aromatic N) is 4. The van der Waals surface area contributed by atoms with Crippen LogP contribution in [0.1, 0.15) is 19.7 Å². The molecule has 6 nitrogen and oxygen atoms in total. The van der Waals surface area contributed by atoms with Crippen molar-refractivity contribution in [2.24, 2.45) is 5.92 Å². The third-order valence-corrected chi connectivity index (χ3v) is 2.51. The van der Waals surface area contributed by atoms with Crippen LogP contribution in [0.3, 0.4) is 0 Å². The van der Waals surface area contributed by atoms with Gasteiger partial charge in [0.2, 0.25) is 5.91 Å². The van der Waals surface area contributed by atoms with Gasteiger partial charge >= 0.3 is 0 Å². The molecule has 0 saturated carbocycles. The average molecular weight is 245 g/mol. The molecule has 1 heterocycles. The largest absolute Gasteiger partial charge is 0.326 e. The molecule has 0 atom stereocenters. The van der Waals surface area contributed by atoms with E-state index >= 15 is 0 Å². The highest BCUT2D eigenvalue weighted by Crippen LogP contribution is 2.15. The highest BCUT2D eigenvalue weighted by atomic mass is 16.1. The van der Waals surface area contributed by atoms with Gasteiger partial charge in [-0.3, -0.25) is 4.79 Å². The van der Waals surface area contributed by atoms with Crippen LogP contribution >= 0.6 is 0 Å². The maximum Gasteiger partial charge on any atom is 0.226 e. The lowest BCUT2D eigenvalue weighted by Crippen LogP contribution is -2.17. The van der Waals surface area contributed by atoms with Gasteiger partial charge in [-0.25, -0.2) is 0 Å². The van der Waals surface area contributed by atoms with E-state index in [0.29, 0.717) is 5.82 Å². The zero-order valence-electron chi connectivity index (χ0n) is 10.6. The van der Waals surface area contributed by atoms with Gasteiger partial charge in [0.25, 0.3) is 0 Å². The molecule has 0 aliphatic heterocycles. The molecule has 0 fully saturated rings. The number of nitrogens with one attached hydrogen (secondary N) is 1. The number of rotatable bonds is 3. The smallest absolute Gasteiger partial charge is 0.226 e. The molecular formula is C12H15N5O. The van der Waals surface area contributed by atoms with Crippen molar-refractivity contribution in [1.29, 1.82) is 0 Å². The molecule has 1 N–H and O–H groups in total. The molecular weight excluding hydrogens is 230 g/mol. The standard InChI is InChI=1S/C12H15N5O/c1-8(2)12(18)13-10-5-4-6-11(7-10)17-9(3)14-15-16-17/h4-8H,1-3H3,(H,13,18). The Morgan fingerprint density at radius 3 is 2.78 bits per heavy atom. The summed E-state index contributed by atoms with van der Waals surface area (Å²) >= 11 is 0. The van der Waals surface area contributed by atoms with Crippen LogP contribution in [-0.4, -0.2) is 26.1 Å². The van der Waals surface area contributed by atoms with Gasteiger partial charge in [-0.05, 0) is 35.5 Å². The summed E-state index contributed by atoms with van der Waals surface area (Å²) in [6.45, 7) is 5.52. The van der Waals surface area contributed by atoms with E-state index in [-0.39, 0.29) is 11.8 Å². The van der Waals surface area contributed by atoms with Crippen molar-refractivity contribution in [2.45, 2.75) is 20.8 Å². The van der Waals surface area contributed by atoms with Gasteiger partial charge in [0.1, 0.15) is 0 Å². The molecule has 0 aliphatic carbocycles. The van der Waals surface area contributed by atoms with Crippen molar-refractivity contribution in [3.8, 4) is 5.69 Å². The van der Waals surface area contributed by atoms with Crippen molar-refractivity contribution in [3.05, 3.63) is 30.1 Å². The number of aromatic nitrogens is 4. The molecule has 0 unspecified atom stereocenters. The summed E-state index contributed by atoms with van der Waals surface area (Å²) in [5, 5.41) is 14.1. The van der Waals surface area contributed by atoms with Crippen molar-refractivity contribution in [1.82, 2.24) is 20.2 Å². The van der Waals surface area contributed by atoms with Gasteiger partial charge in [-0.2, -0.15) is 4.68 Å². The normalized spacial score (nSPS) is 10.7. The topological polar surface area (TPSA) is 72.7 Å². The van der Waals surface area contributed by atoms with Gasteiger partial charge in [0, 0.05) is 11.6 Å². The van der Waals surface area contributed by atoms with Crippen LogP contribution in [-0.2, 0) is 4.79 Å². The first-order chi connectivity index (χ1) is 8.58. The van der Waals surface area contributed by atoms with E-state index in [0.717, 1.165) is 11.4 Å². The maximum absolute atomic E-state index is 11.6. The molecule has 0 radical (unpaired) electrons. The lowest BCUT2D eigenvalue weighted by Gasteiger charge is -2.09. The quantitative estimate of drug-likeness (QED) is 0.890. The molecule has 0 saturated heterocycles. The van der Waals surface area contributed by atoms with Crippen molar-refractivity contribution < 1.29 is 4.79 Å². The number of tetrazole rings is 1. The second-order valence-electron chi connectivity index (χ2n) is 4.33. The van der Waals surface area contributed by atoms with E-state index in [1.54, 1.807) is 4.68 Å². The third kappa shape index (κ3) is 2.53. The summed E-state index contributed by atoms with van der Waals surface area (Å²) in [6.07, 6.45) is 0. The van der Waals surface area contributed by atoms with Crippen LogP contribution in [0.2, 0.25) is 0 Å². The molecule has 0 spiro atoms. The van der Waals surface area contributed by atoms with Crippen LogP contribution in [0.5, 0.6) is 0 Å². The summed E-state index contributed by atoms with van der Waals surface area (Å²) in [6, 6.07) is 7.41. The minimum absolute atomic E-state index is 0.0133. The fraction of sp³-hybridized carbons (Fsp3) is 0.333. The molecule has 18 heavy (non-hydrogen) atoms. The Hall–Kier alpha value is -2.24. The third-order valence-electron chi connectivity index (χ3n) is 2.51. The molecule has 0 bridgehead atoms. The highest BCUT2D eigenvalue weighted by Gasteiger charge is 2.08. The Morgan fingerprint density at radius 1 is 1.39 bits per heavy atom. The van der Waals surface area contributed by atoms with Crippen LogP contribution in [0.4, 0.5) is 5.69 Å². The van der Waals surface area contributed by atoms with Crippen molar-refractivity contribution >= 4 is 11.6 Å². The van der Waals surface area contributed by atoms with E-state index < -0.39 is 0 Å².